The zero-order valence-electron chi connectivity index (χ0n) is 11.5. The molecule has 1 heterocycles. The second-order valence-electron chi connectivity index (χ2n) is 4.55. The normalized spacial score (nSPS) is 11.8. The number of Topliss-reactive ketones (excluding diaryl/α,β-unsaturated/α-hetero) is 1. The second-order valence-corrected chi connectivity index (χ2v) is 9.14. The Hall–Kier alpha value is -1.02. The van der Waals surface area contributed by atoms with Gasteiger partial charge in [0.05, 0.1) is 8.68 Å². The first-order valence-corrected chi connectivity index (χ1v) is 9.17. The van der Waals surface area contributed by atoms with Gasteiger partial charge in [-0.25, -0.2) is 8.42 Å². The van der Waals surface area contributed by atoms with E-state index < -0.39 is 10.0 Å². The summed E-state index contributed by atoms with van der Waals surface area (Å²) in [5.41, 5.74) is 0.392. The Morgan fingerprint density at radius 2 is 2.00 bits per heavy atom. The first kappa shape index (κ1) is 16.4. The molecule has 0 saturated carbocycles. The molecule has 0 N–H and O–H groups in total. The molecule has 0 unspecified atom stereocenters. The molecule has 21 heavy (non-hydrogen) atoms. The van der Waals surface area contributed by atoms with Gasteiger partial charge in [-0.15, -0.1) is 11.3 Å². The Kier molecular flexibility index (Phi) is 4.98. The van der Waals surface area contributed by atoms with Crippen LogP contribution in [0.3, 0.4) is 0 Å². The molecular formula is C14H14BrNO3S2. The monoisotopic (exact) mass is 387 g/mol. The minimum atomic E-state index is -3.61. The number of benzene rings is 1. The number of carbonyl (C=O) groups is 1. The lowest BCUT2D eigenvalue weighted by Gasteiger charge is -2.16. The third-order valence-corrected chi connectivity index (χ3v) is 6.36. The fourth-order valence-corrected chi connectivity index (χ4v) is 4.61. The average molecular weight is 388 g/mol. The highest BCUT2D eigenvalue weighted by atomic mass is 79.9. The van der Waals surface area contributed by atoms with Crippen LogP contribution in [-0.2, 0) is 16.6 Å². The smallest absolute Gasteiger partial charge is 0.243 e. The Morgan fingerprint density at radius 1 is 1.29 bits per heavy atom. The third-order valence-electron chi connectivity index (χ3n) is 2.96. The standard InChI is InChI=1S/C14H14BrNO3S2/c1-10(17)11-4-3-5-13(8-11)21(18,19)16(2)9-12-6-7-14(15)20-12/h3-8H,9H2,1-2H3. The Balaban J connectivity index is 2.28. The van der Waals surface area contributed by atoms with Crippen molar-refractivity contribution in [1.82, 2.24) is 4.31 Å². The van der Waals surface area contributed by atoms with Crippen molar-refractivity contribution in [3.05, 3.63) is 50.6 Å². The highest BCUT2D eigenvalue weighted by Gasteiger charge is 2.22. The maximum absolute atomic E-state index is 12.5. The van der Waals surface area contributed by atoms with Crippen LogP contribution in [0.4, 0.5) is 0 Å². The van der Waals surface area contributed by atoms with Crippen molar-refractivity contribution in [2.75, 3.05) is 7.05 Å². The lowest BCUT2D eigenvalue weighted by molar-refractivity contribution is 0.101. The van der Waals surface area contributed by atoms with Crippen LogP contribution < -0.4 is 0 Å². The maximum Gasteiger partial charge on any atom is 0.243 e. The molecule has 0 amide bonds. The van der Waals surface area contributed by atoms with E-state index in [-0.39, 0.29) is 10.7 Å². The molecule has 7 heteroatoms. The summed E-state index contributed by atoms with van der Waals surface area (Å²) in [5.74, 6) is -0.156. The summed E-state index contributed by atoms with van der Waals surface area (Å²) in [7, 11) is -2.08. The number of carbonyl (C=O) groups excluding carboxylic acids is 1. The minimum absolute atomic E-state index is 0.133. The fourth-order valence-electron chi connectivity index (χ4n) is 1.80. The minimum Gasteiger partial charge on any atom is -0.295 e. The second kappa shape index (κ2) is 6.39. The van der Waals surface area contributed by atoms with E-state index in [1.165, 1.54) is 41.7 Å². The number of sulfonamides is 1. The average Bonchev–Trinajstić information content (AvgIpc) is 2.84. The maximum atomic E-state index is 12.5. The van der Waals surface area contributed by atoms with Gasteiger partial charge in [-0.05, 0) is 47.1 Å². The third kappa shape index (κ3) is 3.79. The molecule has 0 saturated heterocycles. The van der Waals surface area contributed by atoms with E-state index in [9.17, 15) is 13.2 Å². The molecule has 1 aromatic carbocycles. The summed E-state index contributed by atoms with van der Waals surface area (Å²) in [6.45, 7) is 1.71. The van der Waals surface area contributed by atoms with Gasteiger partial charge in [-0.2, -0.15) is 4.31 Å². The van der Waals surface area contributed by atoms with Crippen molar-refractivity contribution < 1.29 is 13.2 Å². The van der Waals surface area contributed by atoms with Gasteiger partial charge in [0.25, 0.3) is 0 Å². The molecular weight excluding hydrogens is 374 g/mol. The molecule has 0 bridgehead atoms. The zero-order chi connectivity index (χ0) is 15.6. The zero-order valence-corrected chi connectivity index (χ0v) is 14.8. The fraction of sp³-hybridized carbons (Fsp3) is 0.214. The number of nitrogens with zero attached hydrogens (tertiary/aromatic N) is 1. The molecule has 0 aliphatic carbocycles. The van der Waals surface area contributed by atoms with Crippen molar-refractivity contribution in [1.29, 1.82) is 0 Å². The summed E-state index contributed by atoms with van der Waals surface area (Å²) >= 11 is 4.85. The number of ketones is 1. The highest BCUT2D eigenvalue weighted by molar-refractivity contribution is 9.11. The molecule has 4 nitrogen and oxygen atoms in total. The molecule has 2 aromatic rings. The van der Waals surface area contributed by atoms with Gasteiger partial charge < -0.3 is 0 Å². The van der Waals surface area contributed by atoms with Crippen molar-refractivity contribution >= 4 is 43.1 Å². The van der Waals surface area contributed by atoms with Crippen LogP contribution in [0, 0.1) is 0 Å². The van der Waals surface area contributed by atoms with Gasteiger partial charge in [0, 0.05) is 24.0 Å². The molecule has 0 aliphatic rings. The van der Waals surface area contributed by atoms with E-state index in [1.54, 1.807) is 12.1 Å². The molecule has 0 atom stereocenters. The summed E-state index contributed by atoms with van der Waals surface area (Å²) in [5, 5.41) is 0. The number of rotatable bonds is 5. The first-order chi connectivity index (χ1) is 9.80. The van der Waals surface area contributed by atoms with Crippen molar-refractivity contribution in [3.63, 3.8) is 0 Å². The van der Waals surface area contributed by atoms with E-state index in [0.29, 0.717) is 12.1 Å². The van der Waals surface area contributed by atoms with E-state index >= 15 is 0 Å². The molecule has 0 spiro atoms. The van der Waals surface area contributed by atoms with Gasteiger partial charge in [0.15, 0.2) is 5.78 Å². The van der Waals surface area contributed by atoms with Crippen LogP contribution in [0.2, 0.25) is 0 Å². The van der Waals surface area contributed by atoms with Crippen LogP contribution in [-0.4, -0.2) is 25.6 Å². The lowest BCUT2D eigenvalue weighted by atomic mass is 10.2. The van der Waals surface area contributed by atoms with Crippen LogP contribution in [0.15, 0.2) is 45.1 Å². The predicted octanol–water partition coefficient (Wildman–Crippen LogP) is 3.53. The van der Waals surface area contributed by atoms with Gasteiger partial charge in [-0.1, -0.05) is 12.1 Å². The van der Waals surface area contributed by atoms with Crippen molar-refractivity contribution in [2.45, 2.75) is 18.4 Å². The largest absolute Gasteiger partial charge is 0.295 e. The van der Waals surface area contributed by atoms with Crippen LogP contribution >= 0.6 is 27.3 Å². The van der Waals surface area contributed by atoms with Gasteiger partial charge in [0.1, 0.15) is 0 Å². The van der Waals surface area contributed by atoms with Crippen molar-refractivity contribution in [3.8, 4) is 0 Å². The summed E-state index contributed by atoms with van der Waals surface area (Å²) in [6, 6.07) is 9.88. The quantitative estimate of drug-likeness (QED) is 0.737. The summed E-state index contributed by atoms with van der Waals surface area (Å²) < 4.78 is 27.3. The van der Waals surface area contributed by atoms with Crippen LogP contribution in [0.1, 0.15) is 22.2 Å². The number of hydrogen-bond donors (Lipinski definition) is 0. The highest BCUT2D eigenvalue weighted by Crippen LogP contribution is 2.25. The Labute approximate surface area is 136 Å². The Bertz CT molecular complexity index is 768. The molecule has 112 valence electrons. The number of hydrogen-bond acceptors (Lipinski definition) is 4. The predicted molar refractivity (Wildman–Crippen MR) is 87.1 cm³/mol. The molecule has 1 aromatic heterocycles. The van der Waals surface area contributed by atoms with Crippen LogP contribution in [0.5, 0.6) is 0 Å². The van der Waals surface area contributed by atoms with Crippen LogP contribution in [0.25, 0.3) is 0 Å². The van der Waals surface area contributed by atoms with E-state index in [1.807, 2.05) is 12.1 Å². The topological polar surface area (TPSA) is 54.5 Å². The number of thiophene rings is 1. The van der Waals surface area contributed by atoms with Gasteiger partial charge in [-0.3, -0.25) is 4.79 Å². The number of halogens is 1. The molecule has 0 aliphatic heterocycles. The van der Waals surface area contributed by atoms with E-state index in [2.05, 4.69) is 15.9 Å². The lowest BCUT2D eigenvalue weighted by Crippen LogP contribution is -2.26. The molecule has 0 fully saturated rings. The molecule has 2 rings (SSSR count). The van der Waals surface area contributed by atoms with E-state index in [0.717, 1.165) is 8.66 Å². The van der Waals surface area contributed by atoms with E-state index in [4.69, 9.17) is 0 Å². The summed E-state index contributed by atoms with van der Waals surface area (Å²) in [6.07, 6.45) is 0. The van der Waals surface area contributed by atoms with Crippen molar-refractivity contribution in [2.24, 2.45) is 0 Å². The van der Waals surface area contributed by atoms with Gasteiger partial charge >= 0.3 is 0 Å². The Morgan fingerprint density at radius 3 is 2.57 bits per heavy atom. The van der Waals surface area contributed by atoms with Gasteiger partial charge in [0.2, 0.25) is 10.0 Å². The molecule has 0 radical (unpaired) electrons. The SMILES string of the molecule is CC(=O)c1cccc(S(=O)(=O)N(C)Cc2ccc(Br)s2)c1. The summed E-state index contributed by atoms with van der Waals surface area (Å²) in [4.78, 5) is 12.4. The first-order valence-electron chi connectivity index (χ1n) is 6.12.